The molecule has 2 rings (SSSR count). The summed E-state index contributed by atoms with van der Waals surface area (Å²) in [6.45, 7) is 3.01. The van der Waals surface area contributed by atoms with Crippen molar-refractivity contribution >= 4 is 11.3 Å². The van der Waals surface area contributed by atoms with Crippen LogP contribution in [0, 0.1) is 5.92 Å². The van der Waals surface area contributed by atoms with E-state index < -0.39 is 16.8 Å². The van der Waals surface area contributed by atoms with E-state index in [1.807, 2.05) is 6.92 Å². The lowest BCUT2D eigenvalue weighted by molar-refractivity contribution is -0.137. The molecule has 0 bridgehead atoms. The topological polar surface area (TPSA) is 45.1 Å². The zero-order valence-electron chi connectivity index (χ0n) is 9.21. The predicted molar refractivity (Wildman–Crippen MR) is 57.7 cm³/mol. The Labute approximate surface area is 101 Å². The van der Waals surface area contributed by atoms with Crippen LogP contribution in [0.3, 0.4) is 0 Å². The van der Waals surface area contributed by atoms with Crippen LogP contribution in [0.5, 0.6) is 0 Å². The highest BCUT2D eigenvalue weighted by atomic mass is 32.1. The maximum absolute atomic E-state index is 12.4. The van der Waals surface area contributed by atoms with Gasteiger partial charge in [-0.3, -0.25) is 0 Å². The summed E-state index contributed by atoms with van der Waals surface area (Å²) in [4.78, 5) is 3.66. The molecule has 0 aromatic carbocycles. The molecule has 2 heterocycles. The number of halogens is 3. The number of hydrogen-bond donors (Lipinski definition) is 2. The van der Waals surface area contributed by atoms with Crippen LogP contribution in [-0.4, -0.2) is 23.2 Å². The Morgan fingerprint density at radius 2 is 2.29 bits per heavy atom. The molecule has 0 saturated carbocycles. The molecule has 0 spiro atoms. The minimum absolute atomic E-state index is 0.127. The van der Waals surface area contributed by atoms with Gasteiger partial charge in [-0.05, 0) is 13.0 Å². The van der Waals surface area contributed by atoms with Crippen molar-refractivity contribution < 1.29 is 18.3 Å². The Bertz CT molecular complexity index is 407. The molecule has 17 heavy (non-hydrogen) atoms. The molecule has 0 aliphatic carbocycles. The van der Waals surface area contributed by atoms with Gasteiger partial charge >= 0.3 is 6.18 Å². The van der Waals surface area contributed by atoms with E-state index in [1.165, 1.54) is 0 Å². The summed E-state index contributed by atoms with van der Waals surface area (Å²) in [7, 11) is 0. The summed E-state index contributed by atoms with van der Waals surface area (Å²) in [5.41, 5.74) is -1.19. The number of hydrogen-bond acceptors (Lipinski definition) is 4. The molecule has 2 N–H and O–H groups in total. The first-order chi connectivity index (χ1) is 7.84. The maximum atomic E-state index is 12.4. The van der Waals surface area contributed by atoms with Crippen molar-refractivity contribution in [1.29, 1.82) is 0 Å². The van der Waals surface area contributed by atoms with Crippen LogP contribution in [-0.2, 0) is 11.8 Å². The summed E-state index contributed by atoms with van der Waals surface area (Å²) in [6, 6.07) is 0. The molecule has 0 amide bonds. The van der Waals surface area contributed by atoms with E-state index in [-0.39, 0.29) is 5.92 Å². The number of nitrogens with one attached hydrogen (secondary N) is 1. The van der Waals surface area contributed by atoms with Crippen molar-refractivity contribution in [3.05, 3.63) is 16.1 Å². The van der Waals surface area contributed by atoms with Crippen LogP contribution >= 0.6 is 11.3 Å². The average Bonchev–Trinajstić information content (AvgIpc) is 2.71. The number of aliphatic hydroxyl groups is 1. The number of nitrogens with zero attached hydrogens (tertiary/aromatic N) is 1. The third kappa shape index (κ3) is 2.31. The van der Waals surface area contributed by atoms with Gasteiger partial charge in [-0.1, -0.05) is 6.92 Å². The molecule has 1 aromatic rings. The molecule has 1 saturated heterocycles. The van der Waals surface area contributed by atoms with Gasteiger partial charge in [0, 0.05) is 18.7 Å². The summed E-state index contributed by atoms with van der Waals surface area (Å²) < 4.78 is 37.3. The van der Waals surface area contributed by atoms with E-state index in [9.17, 15) is 18.3 Å². The predicted octanol–water partition coefficient (Wildman–Crippen LogP) is 1.98. The Morgan fingerprint density at radius 3 is 2.82 bits per heavy atom. The molecule has 1 aliphatic rings. The SMILES string of the molecule is CC1CNCCC1(O)c1cnc(C(F)(F)F)s1. The van der Waals surface area contributed by atoms with Gasteiger partial charge in [0.25, 0.3) is 0 Å². The summed E-state index contributed by atoms with van der Waals surface area (Å²) >= 11 is 0.535. The number of alkyl halides is 3. The van der Waals surface area contributed by atoms with Gasteiger partial charge in [-0.25, -0.2) is 4.98 Å². The van der Waals surface area contributed by atoms with Gasteiger partial charge < -0.3 is 10.4 Å². The third-order valence-corrected chi connectivity index (χ3v) is 4.33. The fourth-order valence-corrected chi connectivity index (χ4v) is 3.00. The monoisotopic (exact) mass is 266 g/mol. The minimum atomic E-state index is -4.44. The van der Waals surface area contributed by atoms with Crippen LogP contribution in [0.1, 0.15) is 23.2 Å². The van der Waals surface area contributed by atoms with Crippen LogP contribution in [0.2, 0.25) is 0 Å². The Hall–Kier alpha value is -0.660. The quantitative estimate of drug-likeness (QED) is 0.817. The standard InChI is InChI=1S/C10H13F3N2OS/c1-6-4-14-3-2-9(6,16)7-5-15-8(17-7)10(11,12)13/h5-6,14,16H,2-4H2,1H3. The van der Waals surface area contributed by atoms with Crippen LogP contribution in [0.15, 0.2) is 6.20 Å². The first-order valence-electron chi connectivity index (χ1n) is 5.30. The molecule has 1 aliphatic heterocycles. The van der Waals surface area contributed by atoms with Crippen molar-refractivity contribution in [2.75, 3.05) is 13.1 Å². The van der Waals surface area contributed by atoms with E-state index in [2.05, 4.69) is 10.3 Å². The number of thiazole rings is 1. The summed E-state index contributed by atoms with van der Waals surface area (Å²) in [5, 5.41) is 12.7. The fraction of sp³-hybridized carbons (Fsp3) is 0.700. The lowest BCUT2D eigenvalue weighted by Crippen LogP contribution is -2.46. The smallest absolute Gasteiger partial charge is 0.384 e. The zero-order chi connectivity index (χ0) is 12.7. The van der Waals surface area contributed by atoms with E-state index in [4.69, 9.17) is 0 Å². The van der Waals surface area contributed by atoms with Crippen molar-refractivity contribution in [2.24, 2.45) is 5.92 Å². The normalized spacial score (nSPS) is 30.5. The van der Waals surface area contributed by atoms with Crippen molar-refractivity contribution in [3.63, 3.8) is 0 Å². The molecule has 1 fully saturated rings. The van der Waals surface area contributed by atoms with Gasteiger partial charge in [0.05, 0.1) is 4.88 Å². The van der Waals surface area contributed by atoms with Gasteiger partial charge in [0.2, 0.25) is 0 Å². The molecular weight excluding hydrogens is 253 g/mol. The second-order valence-corrected chi connectivity index (χ2v) is 5.34. The molecule has 2 atom stereocenters. The van der Waals surface area contributed by atoms with Crippen LogP contribution < -0.4 is 5.32 Å². The largest absolute Gasteiger partial charge is 0.443 e. The second kappa shape index (κ2) is 4.22. The summed E-state index contributed by atoms with van der Waals surface area (Å²) in [5.74, 6) is -0.127. The Balaban J connectivity index is 2.30. The zero-order valence-corrected chi connectivity index (χ0v) is 10.0. The number of aromatic nitrogens is 1. The summed E-state index contributed by atoms with van der Waals surface area (Å²) in [6.07, 6.45) is -2.88. The van der Waals surface area contributed by atoms with Crippen molar-refractivity contribution in [3.8, 4) is 0 Å². The van der Waals surface area contributed by atoms with E-state index in [0.29, 0.717) is 35.7 Å². The van der Waals surface area contributed by atoms with E-state index in [0.717, 1.165) is 6.20 Å². The highest BCUT2D eigenvalue weighted by Gasteiger charge is 2.42. The highest BCUT2D eigenvalue weighted by Crippen LogP contribution is 2.41. The van der Waals surface area contributed by atoms with E-state index >= 15 is 0 Å². The molecule has 0 radical (unpaired) electrons. The van der Waals surface area contributed by atoms with Crippen LogP contribution in [0.25, 0.3) is 0 Å². The average molecular weight is 266 g/mol. The second-order valence-electron chi connectivity index (χ2n) is 4.31. The van der Waals surface area contributed by atoms with Gasteiger partial charge in [0.1, 0.15) is 5.60 Å². The molecule has 3 nitrogen and oxygen atoms in total. The van der Waals surface area contributed by atoms with Crippen LogP contribution in [0.4, 0.5) is 13.2 Å². The van der Waals surface area contributed by atoms with E-state index in [1.54, 1.807) is 0 Å². The molecule has 7 heteroatoms. The maximum Gasteiger partial charge on any atom is 0.443 e. The van der Waals surface area contributed by atoms with Crippen molar-refractivity contribution in [1.82, 2.24) is 10.3 Å². The molecule has 2 unspecified atom stereocenters. The lowest BCUT2D eigenvalue weighted by Gasteiger charge is -2.37. The lowest BCUT2D eigenvalue weighted by atomic mass is 9.82. The van der Waals surface area contributed by atoms with Gasteiger partial charge in [-0.2, -0.15) is 13.2 Å². The fourth-order valence-electron chi connectivity index (χ4n) is 1.98. The molecule has 1 aromatic heterocycles. The Morgan fingerprint density at radius 1 is 1.59 bits per heavy atom. The molecular formula is C10H13F3N2OS. The molecule has 96 valence electrons. The first kappa shape index (κ1) is 12.8. The third-order valence-electron chi connectivity index (χ3n) is 3.12. The number of rotatable bonds is 1. The first-order valence-corrected chi connectivity index (χ1v) is 6.12. The van der Waals surface area contributed by atoms with Gasteiger partial charge in [0.15, 0.2) is 5.01 Å². The van der Waals surface area contributed by atoms with Gasteiger partial charge in [-0.15, -0.1) is 11.3 Å². The number of piperidine rings is 1. The minimum Gasteiger partial charge on any atom is -0.384 e. The van der Waals surface area contributed by atoms with Crippen molar-refractivity contribution in [2.45, 2.75) is 25.1 Å². The highest BCUT2D eigenvalue weighted by molar-refractivity contribution is 7.11. The Kier molecular flexibility index (Phi) is 3.17.